The average Bonchev–Trinajstić information content (AvgIpc) is 1.97. The Morgan fingerprint density at radius 2 is 2.00 bits per heavy atom. The molecule has 0 aromatic rings. The van der Waals surface area contributed by atoms with E-state index in [1.807, 2.05) is 0 Å². The molecule has 0 saturated carbocycles. The first-order valence-electron chi connectivity index (χ1n) is 3.56. The van der Waals surface area contributed by atoms with Gasteiger partial charge in [0, 0.05) is 13.5 Å². The summed E-state index contributed by atoms with van der Waals surface area (Å²) in [5.74, 6) is -0.0931. The van der Waals surface area contributed by atoms with E-state index in [0.29, 0.717) is 13.0 Å². The van der Waals surface area contributed by atoms with Crippen molar-refractivity contribution < 1.29 is 4.79 Å². The van der Waals surface area contributed by atoms with Crippen molar-refractivity contribution in [3.05, 3.63) is 11.8 Å². The van der Waals surface area contributed by atoms with Gasteiger partial charge in [0.15, 0.2) is 11.7 Å². The van der Waals surface area contributed by atoms with Crippen LogP contribution in [0.5, 0.6) is 0 Å². The van der Waals surface area contributed by atoms with Gasteiger partial charge in [-0.25, -0.2) is 0 Å². The van der Waals surface area contributed by atoms with E-state index in [0.717, 1.165) is 0 Å². The van der Waals surface area contributed by atoms with Crippen LogP contribution in [0.25, 0.3) is 0 Å². The monoisotopic (exact) mass is 170 g/mol. The Hall–Kier alpha value is -1.52. The third-order valence-corrected chi connectivity index (χ3v) is 1.19. The number of nitrogens with two attached hydrogens (primary N) is 3. The number of aliphatic imine (C=N–C) groups is 1. The van der Waals surface area contributed by atoms with E-state index in [1.165, 1.54) is 6.92 Å². The second-order valence-corrected chi connectivity index (χ2v) is 2.31. The number of allylic oxidation sites excluding steroid dienone is 1. The van der Waals surface area contributed by atoms with Crippen molar-refractivity contribution in [3.63, 3.8) is 0 Å². The summed E-state index contributed by atoms with van der Waals surface area (Å²) in [4.78, 5) is 14.3. The topological polar surface area (TPSA) is 107 Å². The third-order valence-electron chi connectivity index (χ3n) is 1.19. The van der Waals surface area contributed by atoms with Crippen LogP contribution in [0.15, 0.2) is 16.8 Å². The van der Waals surface area contributed by atoms with Crippen LogP contribution >= 0.6 is 0 Å². The zero-order valence-electron chi connectivity index (χ0n) is 7.08. The van der Waals surface area contributed by atoms with E-state index in [-0.39, 0.29) is 17.4 Å². The van der Waals surface area contributed by atoms with Crippen LogP contribution in [-0.2, 0) is 4.79 Å². The normalized spacial score (nSPS) is 10.9. The number of rotatable bonds is 4. The Morgan fingerprint density at radius 3 is 2.42 bits per heavy atom. The summed E-state index contributed by atoms with van der Waals surface area (Å²) in [7, 11) is 0. The van der Waals surface area contributed by atoms with E-state index in [2.05, 4.69) is 4.99 Å². The van der Waals surface area contributed by atoms with Crippen LogP contribution in [-0.4, -0.2) is 18.3 Å². The second-order valence-electron chi connectivity index (χ2n) is 2.31. The molecule has 0 heterocycles. The lowest BCUT2D eigenvalue weighted by atomic mass is 10.2. The van der Waals surface area contributed by atoms with Crippen molar-refractivity contribution in [1.29, 1.82) is 0 Å². The van der Waals surface area contributed by atoms with Gasteiger partial charge in [0.25, 0.3) is 0 Å². The predicted molar refractivity (Wildman–Crippen MR) is 48.2 cm³/mol. The number of hydrogen-bond acceptors (Lipinski definition) is 3. The van der Waals surface area contributed by atoms with Gasteiger partial charge >= 0.3 is 0 Å². The molecule has 0 aliphatic heterocycles. The largest absolute Gasteiger partial charge is 0.396 e. The van der Waals surface area contributed by atoms with Crippen molar-refractivity contribution in [1.82, 2.24) is 0 Å². The van der Waals surface area contributed by atoms with Gasteiger partial charge < -0.3 is 17.2 Å². The quantitative estimate of drug-likeness (QED) is 0.219. The minimum absolute atomic E-state index is 0.0461. The molecular formula is C7H14N4O. The van der Waals surface area contributed by atoms with Gasteiger partial charge in [-0.15, -0.1) is 0 Å². The van der Waals surface area contributed by atoms with Crippen LogP contribution in [0.2, 0.25) is 0 Å². The lowest BCUT2D eigenvalue weighted by Gasteiger charge is -1.93. The first-order valence-corrected chi connectivity index (χ1v) is 3.56. The molecule has 0 aliphatic carbocycles. The van der Waals surface area contributed by atoms with Crippen LogP contribution in [0, 0.1) is 0 Å². The SMILES string of the molecule is CC(=O)/C(N)=C/CCN=C(N)N. The molecule has 0 aliphatic rings. The van der Waals surface area contributed by atoms with E-state index in [1.54, 1.807) is 6.08 Å². The van der Waals surface area contributed by atoms with Crippen LogP contribution in [0.1, 0.15) is 13.3 Å². The Morgan fingerprint density at radius 1 is 1.42 bits per heavy atom. The summed E-state index contributed by atoms with van der Waals surface area (Å²) in [6.45, 7) is 1.86. The minimum Gasteiger partial charge on any atom is -0.396 e. The van der Waals surface area contributed by atoms with Gasteiger partial charge in [-0.3, -0.25) is 9.79 Å². The summed E-state index contributed by atoms with van der Waals surface area (Å²) < 4.78 is 0. The summed E-state index contributed by atoms with van der Waals surface area (Å²) in [6.07, 6.45) is 2.18. The van der Waals surface area contributed by atoms with E-state index < -0.39 is 0 Å². The molecule has 12 heavy (non-hydrogen) atoms. The molecular weight excluding hydrogens is 156 g/mol. The van der Waals surface area contributed by atoms with Crippen LogP contribution in [0.3, 0.4) is 0 Å². The first kappa shape index (κ1) is 10.5. The first-order chi connectivity index (χ1) is 5.54. The van der Waals surface area contributed by atoms with E-state index >= 15 is 0 Å². The third kappa shape index (κ3) is 5.28. The van der Waals surface area contributed by atoms with Crippen molar-refractivity contribution in [2.24, 2.45) is 22.2 Å². The molecule has 0 aromatic carbocycles. The molecule has 0 radical (unpaired) electrons. The number of hydrogen-bond donors (Lipinski definition) is 3. The van der Waals surface area contributed by atoms with Gasteiger partial charge in [0.05, 0.1) is 5.70 Å². The van der Waals surface area contributed by atoms with Gasteiger partial charge in [0.1, 0.15) is 0 Å². The molecule has 0 atom stereocenters. The Labute approximate surface area is 71.3 Å². The van der Waals surface area contributed by atoms with Gasteiger partial charge in [-0.1, -0.05) is 6.08 Å². The highest BCUT2D eigenvalue weighted by Crippen LogP contribution is 1.90. The second kappa shape index (κ2) is 5.17. The Bertz CT molecular complexity index is 215. The van der Waals surface area contributed by atoms with Crippen LogP contribution < -0.4 is 17.2 Å². The molecule has 0 saturated heterocycles. The molecule has 0 unspecified atom stereocenters. The molecule has 6 N–H and O–H groups in total. The van der Waals surface area contributed by atoms with E-state index in [9.17, 15) is 4.79 Å². The van der Waals surface area contributed by atoms with Gasteiger partial charge in [0.2, 0.25) is 0 Å². The number of guanidine groups is 1. The van der Waals surface area contributed by atoms with Gasteiger partial charge in [-0.2, -0.15) is 0 Å². The highest BCUT2D eigenvalue weighted by molar-refractivity contribution is 5.92. The Kier molecular flexibility index (Phi) is 4.52. The smallest absolute Gasteiger partial charge is 0.185 e. The zero-order valence-corrected chi connectivity index (χ0v) is 7.08. The number of ketones is 1. The fourth-order valence-electron chi connectivity index (χ4n) is 0.557. The van der Waals surface area contributed by atoms with Crippen molar-refractivity contribution in [2.45, 2.75) is 13.3 Å². The highest BCUT2D eigenvalue weighted by atomic mass is 16.1. The standard InChI is InChI=1S/C7H14N4O/c1-5(12)6(8)3-2-4-11-7(9)10/h3H,2,4,8H2,1H3,(H4,9,10,11)/b6-3-. The lowest BCUT2D eigenvalue weighted by molar-refractivity contribution is -0.113. The number of Topliss-reactive ketones (excluding diaryl/α,β-unsaturated/α-hetero) is 1. The molecule has 0 amide bonds. The van der Waals surface area contributed by atoms with E-state index in [4.69, 9.17) is 17.2 Å². The molecule has 68 valence electrons. The fourth-order valence-corrected chi connectivity index (χ4v) is 0.557. The summed E-state index contributed by atoms with van der Waals surface area (Å²) >= 11 is 0. The minimum atomic E-state index is -0.139. The summed E-state index contributed by atoms with van der Waals surface area (Å²) in [5, 5.41) is 0. The Balaban J connectivity index is 3.75. The molecule has 0 fully saturated rings. The molecule has 0 rings (SSSR count). The number of carbonyl (C=O) groups is 1. The maximum absolute atomic E-state index is 10.6. The van der Waals surface area contributed by atoms with Gasteiger partial charge in [-0.05, 0) is 6.42 Å². The van der Waals surface area contributed by atoms with Crippen molar-refractivity contribution in [3.8, 4) is 0 Å². The molecule has 0 spiro atoms. The summed E-state index contributed by atoms with van der Waals surface area (Å²) in [5.41, 5.74) is 15.7. The van der Waals surface area contributed by atoms with Crippen LogP contribution in [0.4, 0.5) is 0 Å². The fraction of sp³-hybridized carbons (Fsp3) is 0.429. The predicted octanol–water partition coefficient (Wildman–Crippen LogP) is -0.918. The maximum Gasteiger partial charge on any atom is 0.185 e. The lowest BCUT2D eigenvalue weighted by Crippen LogP contribution is -2.22. The maximum atomic E-state index is 10.6. The molecule has 5 heteroatoms. The molecule has 0 aromatic heterocycles. The van der Waals surface area contributed by atoms with Crippen molar-refractivity contribution >= 4 is 11.7 Å². The molecule has 0 bridgehead atoms. The summed E-state index contributed by atoms with van der Waals surface area (Å²) in [6, 6.07) is 0. The van der Waals surface area contributed by atoms with Crippen molar-refractivity contribution in [2.75, 3.05) is 6.54 Å². The molecule has 5 nitrogen and oxygen atoms in total. The number of nitrogens with zero attached hydrogens (tertiary/aromatic N) is 1. The average molecular weight is 170 g/mol. The highest BCUT2D eigenvalue weighted by Gasteiger charge is 1.94. The number of carbonyl (C=O) groups excluding carboxylic acids is 1. The zero-order chi connectivity index (χ0) is 9.56.